The molecule has 0 aliphatic heterocycles. The normalized spacial score (nSPS) is 10.5. The fourth-order valence-electron chi connectivity index (χ4n) is 3.01. The Balaban J connectivity index is 1.85. The predicted octanol–water partition coefficient (Wildman–Crippen LogP) is 4.32. The quantitative estimate of drug-likeness (QED) is 0.696. The number of ether oxygens (including phenoxy) is 1. The summed E-state index contributed by atoms with van der Waals surface area (Å²) in [6.07, 6.45) is 1.68. The van der Waals surface area contributed by atoms with E-state index in [0.29, 0.717) is 5.69 Å². The largest absolute Gasteiger partial charge is 0.506 e. The van der Waals surface area contributed by atoms with Crippen LogP contribution in [0.5, 0.6) is 11.5 Å². The molecule has 1 aromatic heterocycles. The van der Waals surface area contributed by atoms with E-state index >= 15 is 0 Å². The number of hydrogen-bond acceptors (Lipinski definition) is 4. The third kappa shape index (κ3) is 4.31. The van der Waals surface area contributed by atoms with Crippen molar-refractivity contribution in [2.24, 2.45) is 0 Å². The van der Waals surface area contributed by atoms with Crippen molar-refractivity contribution >= 4 is 11.6 Å². The average Bonchev–Trinajstić information content (AvgIpc) is 2.70. The van der Waals surface area contributed by atoms with Crippen LogP contribution in [0.3, 0.4) is 0 Å². The van der Waals surface area contributed by atoms with E-state index in [1.165, 1.54) is 4.90 Å². The van der Waals surface area contributed by atoms with Gasteiger partial charge in [0.25, 0.3) is 5.91 Å². The molecule has 0 spiro atoms. The van der Waals surface area contributed by atoms with Crippen molar-refractivity contribution < 1.29 is 14.6 Å². The summed E-state index contributed by atoms with van der Waals surface area (Å²) >= 11 is 0. The smallest absolute Gasteiger partial charge is 0.265 e. The second-order valence-electron chi connectivity index (χ2n) is 6.73. The van der Waals surface area contributed by atoms with Gasteiger partial charge >= 0.3 is 0 Å². The number of phenolic OH excluding ortho intramolecular Hbond substituents is 1. The zero-order chi connectivity index (χ0) is 20.1. The van der Waals surface area contributed by atoms with Crippen molar-refractivity contribution in [2.45, 2.75) is 27.3 Å². The van der Waals surface area contributed by atoms with Gasteiger partial charge in [-0.15, -0.1) is 0 Å². The van der Waals surface area contributed by atoms with Crippen molar-refractivity contribution in [1.82, 2.24) is 4.98 Å². The Hall–Kier alpha value is -3.34. The van der Waals surface area contributed by atoms with Gasteiger partial charge in [0.15, 0.2) is 6.61 Å². The van der Waals surface area contributed by atoms with Crippen LogP contribution in [0.25, 0.3) is 0 Å². The maximum absolute atomic E-state index is 13.0. The number of aryl methyl sites for hydroxylation is 2. The van der Waals surface area contributed by atoms with Crippen molar-refractivity contribution in [3.05, 3.63) is 83.2 Å². The van der Waals surface area contributed by atoms with Crippen molar-refractivity contribution in [2.75, 3.05) is 11.5 Å². The molecule has 1 N–H and O–H groups in total. The summed E-state index contributed by atoms with van der Waals surface area (Å²) in [6, 6.07) is 16.3. The van der Waals surface area contributed by atoms with E-state index in [-0.39, 0.29) is 24.8 Å². The Labute approximate surface area is 165 Å². The van der Waals surface area contributed by atoms with Crippen LogP contribution in [-0.2, 0) is 11.3 Å². The minimum atomic E-state index is -0.257. The molecule has 1 amide bonds. The zero-order valence-electron chi connectivity index (χ0n) is 16.3. The number of hydrogen-bond donors (Lipinski definition) is 1. The van der Waals surface area contributed by atoms with Crippen LogP contribution in [0.15, 0.2) is 60.8 Å². The van der Waals surface area contributed by atoms with Crippen molar-refractivity contribution in [1.29, 1.82) is 0 Å². The standard InChI is InChI=1S/C23H24N2O3/c1-16-11-12-17(2)23(18(16)3)28-15-22(27)25(14-19-8-6-7-13-24-19)20-9-4-5-10-21(20)26/h4-13,26H,14-15H2,1-3H3. The molecule has 0 unspecified atom stereocenters. The summed E-state index contributed by atoms with van der Waals surface area (Å²) in [5, 5.41) is 10.3. The Morgan fingerprint density at radius 3 is 2.43 bits per heavy atom. The van der Waals surface area contributed by atoms with E-state index in [1.54, 1.807) is 30.5 Å². The number of aromatic nitrogens is 1. The molecule has 144 valence electrons. The topological polar surface area (TPSA) is 62.7 Å². The SMILES string of the molecule is Cc1ccc(C)c(OCC(=O)N(Cc2ccccn2)c2ccccc2O)c1C. The fourth-order valence-corrected chi connectivity index (χ4v) is 3.01. The van der Waals surface area contributed by atoms with Gasteiger partial charge in [-0.2, -0.15) is 0 Å². The first-order valence-corrected chi connectivity index (χ1v) is 9.15. The molecule has 0 aliphatic rings. The lowest BCUT2D eigenvalue weighted by Gasteiger charge is -2.24. The molecule has 1 heterocycles. The molecule has 28 heavy (non-hydrogen) atoms. The first kappa shape index (κ1) is 19.4. The van der Waals surface area contributed by atoms with Crippen LogP contribution in [0.1, 0.15) is 22.4 Å². The number of para-hydroxylation sites is 2. The van der Waals surface area contributed by atoms with Crippen molar-refractivity contribution in [3.8, 4) is 11.5 Å². The van der Waals surface area contributed by atoms with E-state index in [1.807, 2.05) is 51.1 Å². The number of carbonyl (C=O) groups excluding carboxylic acids is 1. The van der Waals surface area contributed by atoms with Crippen LogP contribution >= 0.6 is 0 Å². The number of aromatic hydroxyl groups is 1. The van der Waals surface area contributed by atoms with E-state index < -0.39 is 0 Å². The van der Waals surface area contributed by atoms with E-state index in [9.17, 15) is 9.90 Å². The predicted molar refractivity (Wildman–Crippen MR) is 110 cm³/mol. The van der Waals surface area contributed by atoms with Gasteiger partial charge in [0.2, 0.25) is 0 Å². The van der Waals surface area contributed by atoms with Gasteiger partial charge in [-0.1, -0.05) is 30.3 Å². The van der Waals surface area contributed by atoms with Gasteiger partial charge in [-0.3, -0.25) is 14.7 Å². The van der Waals surface area contributed by atoms with Crippen molar-refractivity contribution in [3.63, 3.8) is 0 Å². The first-order chi connectivity index (χ1) is 13.5. The van der Waals surface area contributed by atoms with Gasteiger partial charge in [0.05, 0.1) is 17.9 Å². The van der Waals surface area contributed by atoms with Crippen LogP contribution in [0, 0.1) is 20.8 Å². The third-order valence-electron chi connectivity index (χ3n) is 4.73. The molecule has 3 aromatic rings. The summed E-state index contributed by atoms with van der Waals surface area (Å²) in [7, 11) is 0. The van der Waals surface area contributed by atoms with Gasteiger partial charge in [0.1, 0.15) is 11.5 Å². The molecular formula is C23H24N2O3. The molecule has 0 saturated heterocycles. The molecule has 0 fully saturated rings. The lowest BCUT2D eigenvalue weighted by Crippen LogP contribution is -2.35. The molecule has 5 nitrogen and oxygen atoms in total. The molecule has 0 radical (unpaired) electrons. The number of pyridine rings is 1. The third-order valence-corrected chi connectivity index (χ3v) is 4.73. The number of carbonyl (C=O) groups is 1. The Morgan fingerprint density at radius 2 is 1.71 bits per heavy atom. The van der Waals surface area contributed by atoms with E-state index in [0.717, 1.165) is 28.1 Å². The summed E-state index contributed by atoms with van der Waals surface area (Å²) < 4.78 is 5.90. The van der Waals surface area contributed by atoms with Gasteiger partial charge in [-0.05, 0) is 61.7 Å². The van der Waals surface area contributed by atoms with Crippen LogP contribution in [0.4, 0.5) is 5.69 Å². The number of benzene rings is 2. The number of phenols is 1. The number of anilines is 1. The second kappa shape index (κ2) is 8.57. The summed E-state index contributed by atoms with van der Waals surface area (Å²) in [6.45, 7) is 6.06. The molecule has 0 saturated carbocycles. The highest BCUT2D eigenvalue weighted by molar-refractivity contribution is 5.95. The molecule has 2 aromatic carbocycles. The minimum absolute atomic E-state index is 0.0368. The second-order valence-corrected chi connectivity index (χ2v) is 6.73. The van der Waals surface area contributed by atoms with Gasteiger partial charge in [-0.25, -0.2) is 0 Å². The lowest BCUT2D eigenvalue weighted by atomic mass is 10.1. The highest BCUT2D eigenvalue weighted by atomic mass is 16.5. The number of nitrogens with zero attached hydrogens (tertiary/aromatic N) is 2. The number of amides is 1. The Morgan fingerprint density at radius 1 is 1.00 bits per heavy atom. The number of rotatable bonds is 6. The Kier molecular flexibility index (Phi) is 5.94. The summed E-state index contributed by atoms with van der Waals surface area (Å²) in [4.78, 5) is 18.8. The lowest BCUT2D eigenvalue weighted by molar-refractivity contribution is -0.120. The summed E-state index contributed by atoms with van der Waals surface area (Å²) in [5.41, 5.74) is 4.27. The fraction of sp³-hybridized carbons (Fsp3) is 0.217. The molecule has 3 rings (SSSR count). The van der Waals surface area contributed by atoms with Crippen LogP contribution in [0.2, 0.25) is 0 Å². The first-order valence-electron chi connectivity index (χ1n) is 9.15. The molecule has 0 atom stereocenters. The Bertz CT molecular complexity index is 971. The zero-order valence-corrected chi connectivity index (χ0v) is 16.3. The highest BCUT2D eigenvalue weighted by Crippen LogP contribution is 2.29. The molecule has 0 bridgehead atoms. The highest BCUT2D eigenvalue weighted by Gasteiger charge is 2.21. The van der Waals surface area contributed by atoms with Crippen LogP contribution in [-0.4, -0.2) is 22.6 Å². The van der Waals surface area contributed by atoms with Gasteiger partial charge < -0.3 is 9.84 Å². The minimum Gasteiger partial charge on any atom is -0.506 e. The molecule has 0 aliphatic carbocycles. The monoisotopic (exact) mass is 376 g/mol. The van der Waals surface area contributed by atoms with Gasteiger partial charge in [0, 0.05) is 6.20 Å². The maximum atomic E-state index is 13.0. The molecule has 5 heteroatoms. The average molecular weight is 376 g/mol. The van der Waals surface area contributed by atoms with Crippen LogP contribution < -0.4 is 9.64 Å². The van der Waals surface area contributed by atoms with E-state index in [2.05, 4.69) is 4.98 Å². The maximum Gasteiger partial charge on any atom is 0.265 e. The van der Waals surface area contributed by atoms with E-state index in [4.69, 9.17) is 4.74 Å². The summed E-state index contributed by atoms with van der Waals surface area (Å²) in [5.74, 6) is 0.505. The molecular weight excluding hydrogens is 352 g/mol.